The van der Waals surface area contributed by atoms with E-state index in [0.717, 1.165) is 11.1 Å². The number of hydrogen-bond acceptors (Lipinski definition) is 9. The molecule has 0 heterocycles. The Hall–Kier alpha value is -4.01. The number of carbonyl (C=O) groups is 2. The van der Waals surface area contributed by atoms with Crippen molar-refractivity contribution in [3.63, 3.8) is 0 Å². The first-order chi connectivity index (χ1) is 20.5. The molecule has 0 aliphatic heterocycles. The smallest absolute Gasteiger partial charge is 0.437 e. The van der Waals surface area contributed by atoms with E-state index in [2.05, 4.69) is 21.3 Å². The zero-order valence-electron chi connectivity index (χ0n) is 23.8. The molecule has 250 valence electrons. The SMILES string of the molecule is CB(O)NCc1cccc(NNC(=O)C(F)(F)F)c1.CB(O)NCc1cccc(NNC(=O)C(F)(F)F)c1.CC(=N)C(F)(F)F. The van der Waals surface area contributed by atoms with Gasteiger partial charge in [0.05, 0.1) is 11.4 Å². The fourth-order valence-corrected chi connectivity index (χ4v) is 2.45. The highest BCUT2D eigenvalue weighted by Gasteiger charge is 2.39. The third kappa shape index (κ3) is 19.8. The number of hydrogen-bond donors (Lipinski definition) is 9. The van der Waals surface area contributed by atoms with Gasteiger partial charge in [0.1, 0.15) is 5.71 Å². The molecule has 0 bridgehead atoms. The van der Waals surface area contributed by atoms with E-state index < -0.39 is 50.2 Å². The summed E-state index contributed by atoms with van der Waals surface area (Å²) in [5.41, 5.74) is 8.28. The van der Waals surface area contributed by atoms with Gasteiger partial charge in [-0.05, 0) is 56.0 Å². The van der Waals surface area contributed by atoms with Gasteiger partial charge < -0.3 is 25.9 Å². The number of hydrazine groups is 2. The van der Waals surface area contributed by atoms with E-state index in [-0.39, 0.29) is 0 Å². The molecule has 0 fully saturated rings. The van der Waals surface area contributed by atoms with Crippen LogP contribution < -0.4 is 32.2 Å². The number of nitrogens with one attached hydrogen (secondary N) is 7. The predicted molar refractivity (Wildman–Crippen MR) is 149 cm³/mol. The number of alkyl halides is 9. The maximum atomic E-state index is 12.0. The Kier molecular flexibility index (Phi) is 17.0. The fourth-order valence-electron chi connectivity index (χ4n) is 2.45. The summed E-state index contributed by atoms with van der Waals surface area (Å²) in [6, 6.07) is 12.8. The summed E-state index contributed by atoms with van der Waals surface area (Å²) in [6.07, 6.45) is -14.3. The highest BCUT2D eigenvalue weighted by atomic mass is 19.4. The van der Waals surface area contributed by atoms with Crippen molar-refractivity contribution in [1.82, 2.24) is 21.3 Å². The summed E-state index contributed by atoms with van der Waals surface area (Å²) in [5.74, 6) is -4.14. The van der Waals surface area contributed by atoms with Gasteiger partial charge >= 0.3 is 44.4 Å². The molecule has 0 aliphatic carbocycles. The first-order valence-electron chi connectivity index (χ1n) is 12.4. The molecule has 0 radical (unpaired) electrons. The summed E-state index contributed by atoms with van der Waals surface area (Å²) >= 11 is 0. The van der Waals surface area contributed by atoms with Crippen LogP contribution in [0.4, 0.5) is 50.9 Å². The van der Waals surface area contributed by atoms with Crippen LogP contribution in [0, 0.1) is 5.41 Å². The van der Waals surface area contributed by atoms with Crippen LogP contribution in [0.25, 0.3) is 0 Å². The highest BCUT2D eigenvalue weighted by Crippen LogP contribution is 2.17. The molecule has 2 amide bonds. The third-order valence-corrected chi connectivity index (χ3v) is 4.64. The Balaban J connectivity index is 0.000000713. The molecule has 45 heavy (non-hydrogen) atoms. The number of carbonyl (C=O) groups excluding carboxylic acids is 2. The largest absolute Gasteiger partial charge is 0.472 e. The van der Waals surface area contributed by atoms with E-state index in [4.69, 9.17) is 15.5 Å². The van der Waals surface area contributed by atoms with Gasteiger partial charge in [0, 0.05) is 13.1 Å². The summed E-state index contributed by atoms with van der Waals surface area (Å²) < 4.78 is 105. The molecule has 0 saturated heterocycles. The monoisotopic (exact) mass is 661 g/mol. The second-order valence-electron chi connectivity index (χ2n) is 8.79. The van der Waals surface area contributed by atoms with E-state index in [0.29, 0.717) is 31.4 Å². The topological polar surface area (TPSA) is 171 Å². The van der Waals surface area contributed by atoms with Crippen molar-refractivity contribution >= 4 is 43.0 Å². The second kappa shape index (κ2) is 18.7. The van der Waals surface area contributed by atoms with Gasteiger partial charge in [-0.2, -0.15) is 39.5 Å². The lowest BCUT2D eigenvalue weighted by Crippen LogP contribution is -2.40. The number of amides is 2. The molecule has 2 rings (SSSR count). The number of halogens is 9. The Labute approximate surface area is 252 Å². The lowest BCUT2D eigenvalue weighted by atomic mass is 9.88. The van der Waals surface area contributed by atoms with Crippen LogP contribution >= 0.6 is 0 Å². The highest BCUT2D eigenvalue weighted by molar-refractivity contribution is 6.45. The summed E-state index contributed by atoms with van der Waals surface area (Å²) in [4.78, 5) is 21.2. The molecule has 0 spiro atoms. The number of anilines is 2. The summed E-state index contributed by atoms with van der Waals surface area (Å²) in [7, 11) is -1.39. The molecular formula is C23H30B2F9N7O4. The molecule has 22 heteroatoms. The quantitative estimate of drug-likeness (QED) is 0.0808. The third-order valence-electron chi connectivity index (χ3n) is 4.64. The molecule has 0 saturated carbocycles. The van der Waals surface area contributed by atoms with E-state index in [9.17, 15) is 49.1 Å². The molecule has 0 atom stereocenters. The minimum absolute atomic E-state index is 0.308. The standard InChI is InChI=1S/2C10H13BF3N3O2.C3H4F3N/c2*1-11(19)15-6-7-3-2-4-8(5-7)16-17-9(18)10(12,13)14;1-2(7)3(4,5)6/h2*2-5,15-16,19H,6H2,1H3,(H,17,18);7H,1H3. The molecule has 11 nitrogen and oxygen atoms in total. The van der Waals surface area contributed by atoms with E-state index in [1.165, 1.54) is 12.1 Å². The minimum atomic E-state index is -4.93. The van der Waals surface area contributed by atoms with Crippen LogP contribution in [0.5, 0.6) is 0 Å². The van der Waals surface area contributed by atoms with E-state index >= 15 is 0 Å². The lowest BCUT2D eigenvalue weighted by Gasteiger charge is -2.11. The number of rotatable bonds is 10. The van der Waals surface area contributed by atoms with Crippen LogP contribution in [0.2, 0.25) is 13.6 Å². The Morgan fingerprint density at radius 2 is 1.00 bits per heavy atom. The van der Waals surface area contributed by atoms with Gasteiger partial charge in [-0.3, -0.25) is 31.3 Å². The summed E-state index contributed by atoms with van der Waals surface area (Å²) in [5, 5.41) is 29.6. The van der Waals surface area contributed by atoms with Crippen molar-refractivity contribution in [3.05, 3.63) is 59.7 Å². The van der Waals surface area contributed by atoms with Crippen molar-refractivity contribution in [2.75, 3.05) is 10.9 Å². The fraction of sp³-hybridized carbons (Fsp3) is 0.348. The molecule has 2 aromatic carbocycles. The normalized spacial score (nSPS) is 11.1. The molecule has 9 N–H and O–H groups in total. The van der Waals surface area contributed by atoms with Gasteiger partial charge in [0.25, 0.3) is 0 Å². The van der Waals surface area contributed by atoms with Gasteiger partial charge in [-0.25, -0.2) is 0 Å². The average Bonchev–Trinajstić information content (AvgIpc) is 2.92. The van der Waals surface area contributed by atoms with Crippen molar-refractivity contribution < 1.29 is 59.2 Å². The molecular weight excluding hydrogens is 631 g/mol. The van der Waals surface area contributed by atoms with Crippen molar-refractivity contribution in [1.29, 1.82) is 5.41 Å². The van der Waals surface area contributed by atoms with Crippen molar-refractivity contribution in [3.8, 4) is 0 Å². The Morgan fingerprint density at radius 3 is 1.24 bits per heavy atom. The zero-order chi connectivity index (χ0) is 35.0. The molecule has 2 aromatic rings. The first kappa shape index (κ1) is 41.0. The Morgan fingerprint density at radius 1 is 0.689 bits per heavy atom. The zero-order valence-corrected chi connectivity index (χ0v) is 23.8. The Bertz CT molecular complexity index is 1150. The van der Waals surface area contributed by atoms with Gasteiger partial charge in [-0.15, -0.1) is 0 Å². The van der Waals surface area contributed by atoms with Gasteiger partial charge in [0.15, 0.2) is 0 Å². The van der Waals surface area contributed by atoms with E-state index in [1.54, 1.807) is 60.9 Å². The van der Waals surface area contributed by atoms with Crippen LogP contribution in [0.1, 0.15) is 18.1 Å². The average molecular weight is 661 g/mol. The van der Waals surface area contributed by atoms with Crippen molar-refractivity contribution in [2.45, 2.75) is 52.2 Å². The minimum Gasteiger partial charge on any atom is -0.437 e. The predicted octanol–water partition coefficient (Wildman–Crippen LogP) is 3.37. The van der Waals surface area contributed by atoms with Crippen LogP contribution in [-0.2, 0) is 22.7 Å². The maximum absolute atomic E-state index is 12.0. The first-order valence-corrected chi connectivity index (χ1v) is 12.4. The maximum Gasteiger partial charge on any atom is 0.472 e. The molecule has 0 unspecified atom stereocenters. The van der Waals surface area contributed by atoms with Crippen molar-refractivity contribution in [2.24, 2.45) is 0 Å². The lowest BCUT2D eigenvalue weighted by molar-refractivity contribution is -0.173. The summed E-state index contributed by atoms with van der Waals surface area (Å²) in [6.45, 7) is 4.50. The van der Waals surface area contributed by atoms with Crippen LogP contribution in [0.3, 0.4) is 0 Å². The second-order valence-corrected chi connectivity index (χ2v) is 8.79. The molecule has 0 aliphatic rings. The van der Waals surface area contributed by atoms with Gasteiger partial charge in [-0.1, -0.05) is 24.3 Å². The number of benzene rings is 2. The van der Waals surface area contributed by atoms with Crippen LogP contribution in [0.15, 0.2) is 48.5 Å². The molecule has 0 aromatic heterocycles. The van der Waals surface area contributed by atoms with Gasteiger partial charge in [0.2, 0.25) is 0 Å². The van der Waals surface area contributed by atoms with E-state index in [1.807, 2.05) is 0 Å². The van der Waals surface area contributed by atoms with Crippen LogP contribution in [-0.4, -0.2) is 60.2 Å².